The Kier molecular flexibility index (Phi) is 6.78. The number of ether oxygens (including phenoxy) is 3. The van der Waals surface area contributed by atoms with Crippen LogP contribution in [0.5, 0.6) is 17.2 Å². The summed E-state index contributed by atoms with van der Waals surface area (Å²) in [5, 5.41) is 11.3. The predicted octanol–water partition coefficient (Wildman–Crippen LogP) is 4.56. The van der Waals surface area contributed by atoms with E-state index in [2.05, 4.69) is 0 Å². The zero-order valence-electron chi connectivity index (χ0n) is 20.3. The van der Waals surface area contributed by atoms with Crippen molar-refractivity contribution >= 4 is 29.1 Å². The highest BCUT2D eigenvalue weighted by Crippen LogP contribution is 2.43. The second-order valence-corrected chi connectivity index (χ2v) is 8.21. The first kappa shape index (κ1) is 24.5. The fourth-order valence-corrected chi connectivity index (χ4v) is 4.22. The van der Waals surface area contributed by atoms with Gasteiger partial charge in [-0.2, -0.15) is 0 Å². The minimum Gasteiger partial charge on any atom is -0.507 e. The number of amides is 1. The van der Waals surface area contributed by atoms with E-state index in [0.29, 0.717) is 34.1 Å². The molecule has 1 aliphatic rings. The first-order valence-corrected chi connectivity index (χ1v) is 11.1. The number of nitrogens with zero attached hydrogens (tertiary/aromatic N) is 1. The van der Waals surface area contributed by atoms with E-state index in [-0.39, 0.29) is 11.3 Å². The maximum Gasteiger partial charge on any atom is 0.308 e. The summed E-state index contributed by atoms with van der Waals surface area (Å²) in [6.07, 6.45) is 0. The Balaban J connectivity index is 1.89. The van der Waals surface area contributed by atoms with Gasteiger partial charge in [-0.3, -0.25) is 19.3 Å². The molecule has 1 heterocycles. The Morgan fingerprint density at radius 1 is 0.889 bits per heavy atom. The molecule has 0 radical (unpaired) electrons. The molecule has 1 saturated heterocycles. The zero-order valence-corrected chi connectivity index (χ0v) is 20.3. The van der Waals surface area contributed by atoms with Gasteiger partial charge < -0.3 is 19.3 Å². The normalized spacial score (nSPS) is 16.7. The lowest BCUT2D eigenvalue weighted by atomic mass is 9.94. The van der Waals surface area contributed by atoms with Crippen molar-refractivity contribution in [1.29, 1.82) is 0 Å². The van der Waals surface area contributed by atoms with E-state index in [1.165, 1.54) is 18.9 Å². The number of rotatable bonds is 6. The summed E-state index contributed by atoms with van der Waals surface area (Å²) in [5.41, 5.74) is 2.08. The summed E-state index contributed by atoms with van der Waals surface area (Å²) in [6.45, 7) is 3.11. The first-order valence-electron chi connectivity index (χ1n) is 11.1. The summed E-state index contributed by atoms with van der Waals surface area (Å²) in [5.74, 6) is -0.828. The number of carbonyl (C=O) groups excluding carboxylic acids is 3. The topological polar surface area (TPSA) is 102 Å². The third-order valence-electron chi connectivity index (χ3n) is 5.92. The number of esters is 1. The van der Waals surface area contributed by atoms with Crippen LogP contribution in [0.4, 0.5) is 5.69 Å². The van der Waals surface area contributed by atoms with E-state index in [1.54, 1.807) is 73.8 Å². The lowest BCUT2D eigenvalue weighted by Gasteiger charge is -2.25. The monoisotopic (exact) mass is 487 g/mol. The van der Waals surface area contributed by atoms with Crippen molar-refractivity contribution in [2.75, 3.05) is 19.1 Å². The Morgan fingerprint density at radius 2 is 1.53 bits per heavy atom. The molecule has 0 bridgehead atoms. The molecule has 0 aliphatic carbocycles. The van der Waals surface area contributed by atoms with Crippen LogP contribution in [0.15, 0.2) is 72.3 Å². The highest BCUT2D eigenvalue weighted by Gasteiger charge is 2.47. The van der Waals surface area contributed by atoms with Crippen LogP contribution in [0.3, 0.4) is 0 Å². The minimum absolute atomic E-state index is 0.0550. The van der Waals surface area contributed by atoms with Crippen LogP contribution in [0.1, 0.15) is 29.7 Å². The first-order chi connectivity index (χ1) is 17.2. The van der Waals surface area contributed by atoms with E-state index in [4.69, 9.17) is 14.2 Å². The number of ketones is 1. The molecule has 1 aliphatic heterocycles. The second-order valence-electron chi connectivity index (χ2n) is 8.21. The summed E-state index contributed by atoms with van der Waals surface area (Å²) in [7, 11) is 3.07. The van der Waals surface area contributed by atoms with Crippen molar-refractivity contribution in [1.82, 2.24) is 0 Å². The number of benzene rings is 3. The molecule has 3 aromatic carbocycles. The Labute approximate surface area is 208 Å². The molecule has 0 aromatic heterocycles. The fourth-order valence-electron chi connectivity index (χ4n) is 4.22. The molecule has 0 spiro atoms. The van der Waals surface area contributed by atoms with Gasteiger partial charge in [0.25, 0.3) is 11.7 Å². The molecule has 4 rings (SSSR count). The number of carbonyl (C=O) groups is 3. The molecule has 1 unspecified atom stereocenters. The van der Waals surface area contributed by atoms with Crippen LogP contribution < -0.4 is 19.1 Å². The van der Waals surface area contributed by atoms with Crippen molar-refractivity contribution in [3.05, 3.63) is 89.0 Å². The van der Waals surface area contributed by atoms with Gasteiger partial charge >= 0.3 is 5.97 Å². The molecule has 184 valence electrons. The molecular weight excluding hydrogens is 462 g/mol. The molecule has 1 fully saturated rings. The summed E-state index contributed by atoms with van der Waals surface area (Å²) in [6, 6.07) is 17.2. The maximum atomic E-state index is 13.3. The highest BCUT2D eigenvalue weighted by atomic mass is 16.5. The molecule has 1 amide bonds. The highest BCUT2D eigenvalue weighted by molar-refractivity contribution is 6.51. The molecule has 3 aromatic rings. The van der Waals surface area contributed by atoms with E-state index < -0.39 is 23.7 Å². The molecular formula is C28H25NO7. The predicted molar refractivity (Wildman–Crippen MR) is 133 cm³/mol. The van der Waals surface area contributed by atoms with Crippen LogP contribution in [0.2, 0.25) is 0 Å². The average molecular weight is 488 g/mol. The Morgan fingerprint density at radius 3 is 2.08 bits per heavy atom. The lowest BCUT2D eigenvalue weighted by molar-refractivity contribution is -0.132. The number of aliphatic hydroxyl groups is 1. The van der Waals surface area contributed by atoms with Crippen molar-refractivity contribution in [2.45, 2.75) is 19.9 Å². The van der Waals surface area contributed by atoms with Crippen molar-refractivity contribution in [2.24, 2.45) is 0 Å². The van der Waals surface area contributed by atoms with Crippen molar-refractivity contribution in [3.8, 4) is 17.2 Å². The van der Waals surface area contributed by atoms with E-state index in [9.17, 15) is 19.5 Å². The van der Waals surface area contributed by atoms with Gasteiger partial charge in [-0.05, 0) is 72.6 Å². The minimum atomic E-state index is -0.924. The van der Waals surface area contributed by atoms with E-state index in [1.807, 2.05) is 6.92 Å². The van der Waals surface area contributed by atoms with Gasteiger partial charge in [0.05, 0.1) is 25.8 Å². The number of aliphatic hydroxyl groups excluding tert-OH is 1. The Bertz CT molecular complexity index is 1360. The largest absolute Gasteiger partial charge is 0.507 e. The number of aryl methyl sites for hydroxylation is 1. The SMILES string of the molecule is COc1ccc(N2C(=O)C(=O)/C(=C(\O)c3ccc(OC)c(C)c3)C2c2ccc(OC(C)=O)cc2)cc1. The molecule has 36 heavy (non-hydrogen) atoms. The standard InChI is InChI=1S/C28H25NO7/c1-16-15-19(7-14-23(16)35-4)26(31)24-25(18-5-10-22(11-6-18)36-17(2)30)29(28(33)27(24)32)20-8-12-21(34-3)13-9-20/h5-15,25,31H,1-4H3/b26-24-. The van der Waals surface area contributed by atoms with E-state index >= 15 is 0 Å². The number of Topliss-reactive ketones (excluding diaryl/α,β-unsaturated/α-hetero) is 1. The summed E-state index contributed by atoms with van der Waals surface area (Å²) >= 11 is 0. The molecule has 8 heteroatoms. The maximum absolute atomic E-state index is 13.3. The molecule has 1 N–H and O–H groups in total. The van der Waals surface area contributed by atoms with Crippen LogP contribution in [0.25, 0.3) is 5.76 Å². The number of methoxy groups -OCH3 is 2. The van der Waals surface area contributed by atoms with Gasteiger partial charge in [0.15, 0.2) is 0 Å². The van der Waals surface area contributed by atoms with Crippen molar-refractivity contribution in [3.63, 3.8) is 0 Å². The van der Waals surface area contributed by atoms with Gasteiger partial charge in [-0.25, -0.2) is 0 Å². The fraction of sp³-hybridized carbons (Fsp3) is 0.179. The summed E-state index contributed by atoms with van der Waals surface area (Å²) in [4.78, 5) is 39.2. The lowest BCUT2D eigenvalue weighted by Crippen LogP contribution is -2.29. The smallest absolute Gasteiger partial charge is 0.308 e. The van der Waals surface area contributed by atoms with Gasteiger partial charge in [-0.15, -0.1) is 0 Å². The average Bonchev–Trinajstić information content (AvgIpc) is 3.14. The van der Waals surface area contributed by atoms with Gasteiger partial charge in [-0.1, -0.05) is 12.1 Å². The third-order valence-corrected chi connectivity index (χ3v) is 5.92. The molecule has 0 saturated carbocycles. The van der Waals surface area contributed by atoms with Crippen molar-refractivity contribution < 1.29 is 33.7 Å². The zero-order chi connectivity index (χ0) is 26.0. The molecule has 1 atom stereocenters. The van der Waals surface area contributed by atoms with Crippen LogP contribution in [-0.2, 0) is 14.4 Å². The summed E-state index contributed by atoms with van der Waals surface area (Å²) < 4.78 is 15.6. The van der Waals surface area contributed by atoms with Crippen LogP contribution in [0, 0.1) is 6.92 Å². The van der Waals surface area contributed by atoms with Gasteiger partial charge in [0.1, 0.15) is 23.0 Å². The number of hydrogen-bond acceptors (Lipinski definition) is 7. The molecule has 8 nitrogen and oxygen atoms in total. The second kappa shape index (κ2) is 9.95. The third kappa shape index (κ3) is 4.53. The van der Waals surface area contributed by atoms with E-state index in [0.717, 1.165) is 5.56 Å². The van der Waals surface area contributed by atoms with Crippen LogP contribution >= 0.6 is 0 Å². The Hall–Kier alpha value is -4.59. The number of anilines is 1. The van der Waals surface area contributed by atoms with Gasteiger partial charge in [0, 0.05) is 18.2 Å². The van der Waals surface area contributed by atoms with Gasteiger partial charge in [0.2, 0.25) is 0 Å². The number of hydrogen-bond donors (Lipinski definition) is 1. The quantitative estimate of drug-likeness (QED) is 0.179. The van der Waals surface area contributed by atoms with Crippen LogP contribution in [-0.4, -0.2) is 37.0 Å².